The van der Waals surface area contributed by atoms with Crippen LogP contribution in [0.2, 0.25) is 5.02 Å². The highest BCUT2D eigenvalue weighted by molar-refractivity contribution is 7.89. The summed E-state index contributed by atoms with van der Waals surface area (Å²) in [6, 6.07) is 3.12. The van der Waals surface area contributed by atoms with Crippen LogP contribution in [0.5, 0.6) is 0 Å². The standard InChI is InChI=1S/C15H23ClN2O2S/c1-3-18(12-7-5-4-6-8-12)21(19,20)13-9-14(16)11(2)15(17)10-13/h9-10,12H,3-8,17H2,1-2H3. The van der Waals surface area contributed by atoms with E-state index in [1.54, 1.807) is 11.2 Å². The van der Waals surface area contributed by atoms with Gasteiger partial charge in [0.2, 0.25) is 10.0 Å². The molecule has 0 atom stereocenters. The first-order valence-electron chi connectivity index (χ1n) is 7.45. The molecule has 0 spiro atoms. The van der Waals surface area contributed by atoms with Gasteiger partial charge in [-0.15, -0.1) is 0 Å². The number of benzene rings is 1. The topological polar surface area (TPSA) is 63.4 Å². The monoisotopic (exact) mass is 330 g/mol. The van der Waals surface area contributed by atoms with Crippen molar-refractivity contribution in [3.05, 3.63) is 22.7 Å². The molecule has 1 aromatic carbocycles. The molecular formula is C15H23ClN2O2S. The first kappa shape index (κ1) is 16.6. The molecule has 21 heavy (non-hydrogen) atoms. The summed E-state index contributed by atoms with van der Waals surface area (Å²) in [6.07, 6.45) is 5.24. The fraction of sp³-hybridized carbons (Fsp3) is 0.600. The number of rotatable bonds is 4. The van der Waals surface area contributed by atoms with Crippen LogP contribution in [0.25, 0.3) is 0 Å². The van der Waals surface area contributed by atoms with Crippen LogP contribution in [0.1, 0.15) is 44.6 Å². The Hall–Kier alpha value is -0.780. The van der Waals surface area contributed by atoms with Crippen molar-refractivity contribution in [2.24, 2.45) is 0 Å². The lowest BCUT2D eigenvalue weighted by molar-refractivity contribution is 0.261. The van der Waals surface area contributed by atoms with Gasteiger partial charge in [-0.1, -0.05) is 37.8 Å². The Balaban J connectivity index is 2.39. The third kappa shape index (κ3) is 3.35. The van der Waals surface area contributed by atoms with Gasteiger partial charge in [0.25, 0.3) is 0 Å². The van der Waals surface area contributed by atoms with Crippen molar-refractivity contribution in [2.75, 3.05) is 12.3 Å². The molecule has 0 saturated heterocycles. The molecule has 0 heterocycles. The summed E-state index contributed by atoms with van der Waals surface area (Å²) in [6.45, 7) is 4.14. The molecule has 6 heteroatoms. The Kier molecular flexibility index (Phi) is 5.17. The average Bonchev–Trinajstić information content (AvgIpc) is 2.45. The highest BCUT2D eigenvalue weighted by Gasteiger charge is 2.31. The average molecular weight is 331 g/mol. The van der Waals surface area contributed by atoms with Gasteiger partial charge in [-0.2, -0.15) is 4.31 Å². The van der Waals surface area contributed by atoms with Crippen LogP contribution in [0.15, 0.2) is 17.0 Å². The molecule has 1 aliphatic carbocycles. The minimum Gasteiger partial charge on any atom is -0.398 e. The summed E-state index contributed by atoms with van der Waals surface area (Å²) in [5, 5.41) is 0.397. The second kappa shape index (κ2) is 6.55. The van der Waals surface area contributed by atoms with Gasteiger partial charge >= 0.3 is 0 Å². The third-order valence-corrected chi connectivity index (χ3v) is 6.66. The molecule has 0 radical (unpaired) electrons. The predicted molar refractivity (Wildman–Crippen MR) is 87.0 cm³/mol. The minimum atomic E-state index is -3.54. The van der Waals surface area contributed by atoms with Crippen molar-refractivity contribution in [2.45, 2.75) is 56.9 Å². The number of nitrogens with zero attached hydrogens (tertiary/aromatic N) is 1. The van der Waals surface area contributed by atoms with Gasteiger partial charge < -0.3 is 5.73 Å². The molecule has 4 nitrogen and oxygen atoms in total. The van der Waals surface area contributed by atoms with E-state index in [4.69, 9.17) is 17.3 Å². The summed E-state index contributed by atoms with van der Waals surface area (Å²) < 4.78 is 27.4. The Labute approximate surface area is 132 Å². The molecule has 0 aliphatic heterocycles. The van der Waals surface area contributed by atoms with Crippen LogP contribution in [0.3, 0.4) is 0 Å². The van der Waals surface area contributed by atoms with Gasteiger partial charge in [-0.05, 0) is 37.5 Å². The molecule has 1 aromatic rings. The number of anilines is 1. The Morgan fingerprint density at radius 2 is 1.90 bits per heavy atom. The summed E-state index contributed by atoms with van der Waals surface area (Å²) in [5.41, 5.74) is 7.01. The van der Waals surface area contributed by atoms with Crippen molar-refractivity contribution in [3.63, 3.8) is 0 Å². The first-order chi connectivity index (χ1) is 9.87. The molecule has 0 unspecified atom stereocenters. The Morgan fingerprint density at radius 1 is 1.29 bits per heavy atom. The first-order valence-corrected chi connectivity index (χ1v) is 9.27. The number of nitrogens with two attached hydrogens (primary N) is 1. The number of halogens is 1. The molecule has 1 aliphatic rings. The maximum Gasteiger partial charge on any atom is 0.243 e. The molecule has 0 amide bonds. The zero-order chi connectivity index (χ0) is 15.6. The van der Waals surface area contributed by atoms with Crippen LogP contribution in [0, 0.1) is 6.92 Å². The maximum absolute atomic E-state index is 12.9. The van der Waals surface area contributed by atoms with Crippen molar-refractivity contribution >= 4 is 27.3 Å². The number of nitrogen functional groups attached to an aromatic ring is 1. The molecule has 2 N–H and O–H groups in total. The van der Waals surface area contributed by atoms with E-state index in [9.17, 15) is 8.42 Å². The third-order valence-electron chi connectivity index (χ3n) is 4.26. The van der Waals surface area contributed by atoms with Crippen LogP contribution >= 0.6 is 11.6 Å². The molecule has 2 rings (SSSR count). The van der Waals surface area contributed by atoms with Crippen molar-refractivity contribution < 1.29 is 8.42 Å². The zero-order valence-electron chi connectivity index (χ0n) is 12.6. The molecule has 0 bridgehead atoms. The largest absolute Gasteiger partial charge is 0.398 e. The van der Waals surface area contributed by atoms with Gasteiger partial charge in [0.05, 0.1) is 4.90 Å². The number of hydrogen-bond acceptors (Lipinski definition) is 3. The van der Waals surface area contributed by atoms with Gasteiger partial charge in [0.15, 0.2) is 0 Å². The smallest absolute Gasteiger partial charge is 0.243 e. The molecule has 118 valence electrons. The van der Waals surface area contributed by atoms with E-state index in [-0.39, 0.29) is 10.9 Å². The van der Waals surface area contributed by atoms with Crippen LogP contribution in [0.4, 0.5) is 5.69 Å². The summed E-state index contributed by atoms with van der Waals surface area (Å²) in [4.78, 5) is 0.197. The molecular weight excluding hydrogens is 308 g/mol. The van der Waals surface area contributed by atoms with Crippen LogP contribution < -0.4 is 5.73 Å². The van der Waals surface area contributed by atoms with Gasteiger partial charge in [0.1, 0.15) is 0 Å². The maximum atomic E-state index is 12.9. The number of sulfonamides is 1. The van der Waals surface area contributed by atoms with Crippen LogP contribution in [-0.2, 0) is 10.0 Å². The van der Waals surface area contributed by atoms with E-state index in [1.165, 1.54) is 18.6 Å². The van der Waals surface area contributed by atoms with E-state index in [0.29, 0.717) is 17.3 Å². The van der Waals surface area contributed by atoms with E-state index in [0.717, 1.165) is 31.2 Å². The SMILES string of the molecule is CCN(C1CCCCC1)S(=O)(=O)c1cc(N)c(C)c(Cl)c1. The second-order valence-electron chi connectivity index (χ2n) is 5.62. The van der Waals surface area contributed by atoms with E-state index in [1.807, 2.05) is 6.92 Å². The number of hydrogen-bond donors (Lipinski definition) is 1. The van der Waals surface area contributed by atoms with E-state index < -0.39 is 10.0 Å². The zero-order valence-corrected chi connectivity index (χ0v) is 14.2. The second-order valence-corrected chi connectivity index (χ2v) is 7.92. The predicted octanol–water partition coefficient (Wildman–Crippen LogP) is 3.57. The highest BCUT2D eigenvalue weighted by atomic mass is 35.5. The summed E-state index contributed by atoms with van der Waals surface area (Å²) in [7, 11) is -3.54. The lowest BCUT2D eigenvalue weighted by atomic mass is 9.95. The summed E-state index contributed by atoms with van der Waals surface area (Å²) >= 11 is 6.10. The van der Waals surface area contributed by atoms with Crippen molar-refractivity contribution in [3.8, 4) is 0 Å². The normalized spacial score (nSPS) is 17.3. The highest BCUT2D eigenvalue weighted by Crippen LogP contribution is 2.31. The van der Waals surface area contributed by atoms with Crippen LogP contribution in [-0.4, -0.2) is 25.3 Å². The Morgan fingerprint density at radius 3 is 2.43 bits per heavy atom. The fourth-order valence-electron chi connectivity index (χ4n) is 2.95. The van der Waals surface area contributed by atoms with Gasteiger partial charge in [-0.3, -0.25) is 0 Å². The molecule has 0 aromatic heterocycles. The lowest BCUT2D eigenvalue weighted by Gasteiger charge is -2.32. The summed E-state index contributed by atoms with van der Waals surface area (Å²) in [5.74, 6) is 0. The lowest BCUT2D eigenvalue weighted by Crippen LogP contribution is -2.41. The van der Waals surface area contributed by atoms with Gasteiger partial charge in [0, 0.05) is 23.3 Å². The van der Waals surface area contributed by atoms with E-state index >= 15 is 0 Å². The molecule has 1 fully saturated rings. The Bertz CT molecular complexity index is 587. The fourth-order valence-corrected chi connectivity index (χ4v) is 5.00. The molecule has 1 saturated carbocycles. The quantitative estimate of drug-likeness (QED) is 0.858. The minimum absolute atomic E-state index is 0.0926. The van der Waals surface area contributed by atoms with E-state index in [2.05, 4.69) is 0 Å². The van der Waals surface area contributed by atoms with Crippen molar-refractivity contribution in [1.82, 2.24) is 4.31 Å². The van der Waals surface area contributed by atoms with Crippen molar-refractivity contribution in [1.29, 1.82) is 0 Å². The van der Waals surface area contributed by atoms with Gasteiger partial charge in [-0.25, -0.2) is 8.42 Å².